The lowest BCUT2D eigenvalue weighted by Crippen LogP contribution is -2.09. The van der Waals surface area contributed by atoms with Crippen LogP contribution in [-0.2, 0) is 19.6 Å². The molecule has 0 saturated heterocycles. The van der Waals surface area contributed by atoms with E-state index in [0.29, 0.717) is 6.54 Å². The molecule has 4 nitrogen and oxygen atoms in total. The molecule has 18 heavy (non-hydrogen) atoms. The molecule has 0 saturated carbocycles. The van der Waals surface area contributed by atoms with Crippen LogP contribution in [-0.4, -0.2) is 14.3 Å². The van der Waals surface area contributed by atoms with Crippen LogP contribution in [0, 0.1) is 13.8 Å². The fraction of sp³-hybridized carbons (Fsp3) is 0.462. The van der Waals surface area contributed by atoms with Crippen molar-refractivity contribution < 1.29 is 0 Å². The zero-order valence-corrected chi connectivity index (χ0v) is 11.8. The third-order valence-corrected chi connectivity index (χ3v) is 3.84. The second-order valence-electron chi connectivity index (χ2n) is 4.42. The van der Waals surface area contributed by atoms with Crippen molar-refractivity contribution in [2.75, 3.05) is 0 Å². The number of hydrogen-bond acceptors (Lipinski definition) is 2. The van der Waals surface area contributed by atoms with Crippen molar-refractivity contribution in [2.45, 2.75) is 40.4 Å². The monoisotopic (exact) mass is 266 g/mol. The van der Waals surface area contributed by atoms with E-state index < -0.39 is 0 Å². The summed E-state index contributed by atoms with van der Waals surface area (Å²) in [4.78, 5) is 0. The number of aromatic nitrogens is 3. The van der Waals surface area contributed by atoms with Gasteiger partial charge in [-0.2, -0.15) is 5.10 Å². The lowest BCUT2D eigenvalue weighted by molar-refractivity contribution is 0.594. The van der Waals surface area contributed by atoms with Gasteiger partial charge in [-0.15, -0.1) is 0 Å². The van der Waals surface area contributed by atoms with Gasteiger partial charge in [0.1, 0.15) is 0 Å². The highest BCUT2D eigenvalue weighted by Gasteiger charge is 2.14. The first-order valence-electron chi connectivity index (χ1n) is 6.14. The fourth-order valence-electron chi connectivity index (χ4n) is 2.17. The van der Waals surface area contributed by atoms with E-state index in [-0.39, 0.29) is 0 Å². The lowest BCUT2D eigenvalue weighted by atomic mass is 10.2. The maximum absolute atomic E-state index is 6.31. The summed E-state index contributed by atoms with van der Waals surface area (Å²) in [5, 5.41) is 5.19. The molecule has 0 aliphatic heterocycles. The summed E-state index contributed by atoms with van der Waals surface area (Å²) in [7, 11) is 0. The van der Waals surface area contributed by atoms with Gasteiger partial charge in [0.25, 0.3) is 0 Å². The molecule has 2 heterocycles. The van der Waals surface area contributed by atoms with E-state index in [9.17, 15) is 0 Å². The summed E-state index contributed by atoms with van der Waals surface area (Å²) in [6.45, 7) is 8.21. The van der Waals surface area contributed by atoms with Crippen molar-refractivity contribution >= 4 is 11.6 Å². The van der Waals surface area contributed by atoms with Crippen LogP contribution in [0.3, 0.4) is 0 Å². The third-order valence-electron chi connectivity index (χ3n) is 3.34. The normalized spacial score (nSPS) is 11.2. The van der Waals surface area contributed by atoms with Crippen LogP contribution in [0.15, 0.2) is 12.3 Å². The number of rotatable bonds is 4. The molecule has 0 unspecified atom stereocenters. The van der Waals surface area contributed by atoms with Crippen molar-refractivity contribution in [3.05, 3.63) is 39.9 Å². The number of aryl methyl sites for hydroxylation is 2. The van der Waals surface area contributed by atoms with Crippen molar-refractivity contribution in [1.29, 1.82) is 0 Å². The van der Waals surface area contributed by atoms with Crippen molar-refractivity contribution in [3.63, 3.8) is 0 Å². The molecule has 0 atom stereocenters. The number of nitrogens with zero attached hydrogens (tertiary/aromatic N) is 3. The lowest BCUT2D eigenvalue weighted by Gasteiger charge is -2.09. The van der Waals surface area contributed by atoms with E-state index >= 15 is 0 Å². The van der Waals surface area contributed by atoms with E-state index in [1.165, 1.54) is 11.3 Å². The van der Waals surface area contributed by atoms with Gasteiger partial charge in [-0.1, -0.05) is 11.6 Å². The second kappa shape index (κ2) is 5.16. The topological polar surface area (TPSA) is 48.8 Å². The summed E-state index contributed by atoms with van der Waals surface area (Å²) < 4.78 is 4.12. The molecule has 2 aromatic rings. The first-order valence-corrected chi connectivity index (χ1v) is 6.52. The fourth-order valence-corrected chi connectivity index (χ4v) is 2.36. The second-order valence-corrected chi connectivity index (χ2v) is 4.80. The van der Waals surface area contributed by atoms with Gasteiger partial charge in [0.2, 0.25) is 0 Å². The smallest absolute Gasteiger partial charge is 0.0865 e. The largest absolute Gasteiger partial charge is 0.345 e. The molecule has 2 N–H and O–H groups in total. The first-order chi connectivity index (χ1) is 8.58. The van der Waals surface area contributed by atoms with Gasteiger partial charge < -0.3 is 10.3 Å². The predicted octanol–water partition coefficient (Wildman–Crippen LogP) is 2.48. The van der Waals surface area contributed by atoms with Crippen molar-refractivity contribution in [3.8, 4) is 0 Å². The summed E-state index contributed by atoms with van der Waals surface area (Å²) >= 11 is 6.31. The van der Waals surface area contributed by atoms with E-state index in [0.717, 1.165) is 29.5 Å². The Labute approximate surface area is 112 Å². The van der Waals surface area contributed by atoms with E-state index in [1.807, 2.05) is 11.6 Å². The number of hydrogen-bond donors (Lipinski definition) is 1. The Kier molecular flexibility index (Phi) is 3.78. The summed E-state index contributed by atoms with van der Waals surface area (Å²) in [6.07, 6.45) is 2.05. The van der Waals surface area contributed by atoms with Gasteiger partial charge in [-0.25, -0.2) is 0 Å². The minimum Gasteiger partial charge on any atom is -0.345 e. The summed E-state index contributed by atoms with van der Waals surface area (Å²) in [5.74, 6) is 0. The first kappa shape index (κ1) is 13.2. The molecular weight excluding hydrogens is 248 g/mol. The van der Waals surface area contributed by atoms with Crippen LogP contribution in [0.1, 0.15) is 29.6 Å². The zero-order chi connectivity index (χ0) is 13.3. The Morgan fingerprint density at radius 3 is 2.67 bits per heavy atom. The van der Waals surface area contributed by atoms with Crippen LogP contribution in [0.4, 0.5) is 0 Å². The van der Waals surface area contributed by atoms with Crippen LogP contribution in [0.5, 0.6) is 0 Å². The minimum absolute atomic E-state index is 0.568. The molecule has 2 aromatic heterocycles. The molecule has 5 heteroatoms. The van der Waals surface area contributed by atoms with Crippen LogP contribution < -0.4 is 5.73 Å². The quantitative estimate of drug-likeness (QED) is 0.924. The standard InChI is InChI=1S/C13H19ClN4/c1-4-18-12(13(14)9(2)16-18)8-17-6-5-11(7-15)10(17)3/h5-6H,4,7-8,15H2,1-3H3. The Hall–Kier alpha value is -1.26. The van der Waals surface area contributed by atoms with Gasteiger partial charge in [0.05, 0.1) is 23.0 Å². The molecule has 0 bridgehead atoms. The predicted molar refractivity (Wildman–Crippen MR) is 73.8 cm³/mol. The highest BCUT2D eigenvalue weighted by Crippen LogP contribution is 2.22. The molecular formula is C13H19ClN4. The molecule has 0 radical (unpaired) electrons. The highest BCUT2D eigenvalue weighted by molar-refractivity contribution is 6.31. The van der Waals surface area contributed by atoms with Crippen LogP contribution >= 0.6 is 11.6 Å². The van der Waals surface area contributed by atoms with Gasteiger partial charge in [-0.3, -0.25) is 4.68 Å². The van der Waals surface area contributed by atoms with Crippen LogP contribution in [0.2, 0.25) is 5.02 Å². The molecule has 0 aliphatic rings. The molecule has 98 valence electrons. The maximum Gasteiger partial charge on any atom is 0.0865 e. The molecule has 0 fully saturated rings. The Morgan fingerprint density at radius 2 is 2.11 bits per heavy atom. The highest BCUT2D eigenvalue weighted by atomic mass is 35.5. The minimum atomic E-state index is 0.568. The van der Waals surface area contributed by atoms with Gasteiger partial charge in [-0.05, 0) is 32.4 Å². The average molecular weight is 267 g/mol. The van der Waals surface area contributed by atoms with Crippen LogP contribution in [0.25, 0.3) is 0 Å². The van der Waals surface area contributed by atoms with E-state index in [2.05, 4.69) is 35.8 Å². The zero-order valence-electron chi connectivity index (χ0n) is 11.1. The third kappa shape index (κ3) is 2.18. The summed E-state index contributed by atoms with van der Waals surface area (Å²) in [6, 6.07) is 2.06. The summed E-state index contributed by atoms with van der Waals surface area (Å²) in [5.41, 5.74) is 9.99. The molecule has 0 aliphatic carbocycles. The van der Waals surface area contributed by atoms with Crippen molar-refractivity contribution in [1.82, 2.24) is 14.3 Å². The maximum atomic E-state index is 6.31. The average Bonchev–Trinajstić information content (AvgIpc) is 2.85. The SMILES string of the molecule is CCn1nc(C)c(Cl)c1Cn1ccc(CN)c1C. The number of nitrogens with two attached hydrogens (primary N) is 1. The molecule has 2 rings (SSSR count). The molecule has 0 spiro atoms. The Balaban J connectivity index is 2.36. The van der Waals surface area contributed by atoms with Gasteiger partial charge >= 0.3 is 0 Å². The van der Waals surface area contributed by atoms with Gasteiger partial charge in [0.15, 0.2) is 0 Å². The van der Waals surface area contributed by atoms with Gasteiger partial charge in [0, 0.05) is 25.0 Å². The van der Waals surface area contributed by atoms with E-state index in [1.54, 1.807) is 0 Å². The number of halogens is 1. The Morgan fingerprint density at radius 1 is 1.39 bits per heavy atom. The molecule has 0 aromatic carbocycles. The Bertz CT molecular complexity index is 554. The van der Waals surface area contributed by atoms with E-state index in [4.69, 9.17) is 17.3 Å². The molecule has 0 amide bonds. The van der Waals surface area contributed by atoms with Crippen molar-refractivity contribution in [2.24, 2.45) is 5.73 Å².